The molecule has 5 rings (SSSR count). The minimum Gasteiger partial charge on any atom is -0.348 e. The van der Waals surface area contributed by atoms with E-state index in [0.29, 0.717) is 0 Å². The van der Waals surface area contributed by atoms with E-state index in [-0.39, 0.29) is 0 Å². The molecule has 0 atom stereocenters. The molecule has 0 aliphatic carbocycles. The minimum absolute atomic E-state index is 0.836. The molecule has 1 N–H and O–H groups in total. The highest BCUT2D eigenvalue weighted by atomic mass is 32.1. The highest BCUT2D eigenvalue weighted by Crippen LogP contribution is 2.38. The largest absolute Gasteiger partial charge is 0.348 e. The van der Waals surface area contributed by atoms with Crippen LogP contribution < -0.4 is 14.8 Å². The van der Waals surface area contributed by atoms with Gasteiger partial charge in [-0.2, -0.15) is 0 Å². The summed E-state index contributed by atoms with van der Waals surface area (Å²) >= 11 is 1.71. The molecule has 1 fully saturated rings. The summed E-state index contributed by atoms with van der Waals surface area (Å²) in [7, 11) is 0. The van der Waals surface area contributed by atoms with E-state index < -0.39 is 0 Å². The van der Waals surface area contributed by atoms with Gasteiger partial charge in [0.1, 0.15) is 29.6 Å². The van der Waals surface area contributed by atoms with Crippen LogP contribution in [0.3, 0.4) is 0 Å². The molecule has 0 amide bonds. The summed E-state index contributed by atoms with van der Waals surface area (Å²) in [5.41, 5.74) is 2.45. The van der Waals surface area contributed by atoms with Gasteiger partial charge < -0.3 is 4.90 Å². The SMILES string of the molecule is Cc1nc(N2CCN(c3cccc[nH+]3)CC2)c2c(-c3ccccc3)csc2n1. The average Bonchev–Trinajstić information content (AvgIpc) is 3.18. The molecule has 1 aromatic carbocycles. The molecule has 0 saturated carbocycles. The fourth-order valence-corrected chi connectivity index (χ4v) is 4.81. The number of hydrogen-bond donors (Lipinski definition) is 0. The van der Waals surface area contributed by atoms with Crippen molar-refractivity contribution in [2.75, 3.05) is 36.0 Å². The average molecular weight is 389 g/mol. The van der Waals surface area contributed by atoms with Crippen LogP contribution in [0.15, 0.2) is 60.1 Å². The molecule has 28 heavy (non-hydrogen) atoms. The Balaban J connectivity index is 1.50. The zero-order valence-corrected chi connectivity index (χ0v) is 16.6. The molecular weight excluding hydrogens is 366 g/mol. The Kier molecular flexibility index (Phi) is 4.41. The number of aromatic amines is 1. The van der Waals surface area contributed by atoms with Crippen LogP contribution in [0.25, 0.3) is 21.3 Å². The molecule has 1 aliphatic heterocycles. The summed E-state index contributed by atoms with van der Waals surface area (Å²) in [6.45, 7) is 5.81. The van der Waals surface area contributed by atoms with Crippen molar-refractivity contribution >= 4 is 33.2 Å². The highest BCUT2D eigenvalue weighted by Gasteiger charge is 2.26. The summed E-state index contributed by atoms with van der Waals surface area (Å²) in [5.74, 6) is 3.08. The second kappa shape index (κ2) is 7.20. The predicted molar refractivity (Wildman–Crippen MR) is 115 cm³/mol. The van der Waals surface area contributed by atoms with Gasteiger partial charge in [0, 0.05) is 17.0 Å². The Morgan fingerprint density at radius 2 is 1.64 bits per heavy atom. The van der Waals surface area contributed by atoms with Crippen molar-refractivity contribution in [1.82, 2.24) is 9.97 Å². The van der Waals surface area contributed by atoms with E-state index in [2.05, 4.69) is 62.6 Å². The van der Waals surface area contributed by atoms with E-state index >= 15 is 0 Å². The van der Waals surface area contributed by atoms with E-state index in [0.717, 1.165) is 42.7 Å². The lowest BCUT2D eigenvalue weighted by Gasteiger charge is -2.32. The fourth-order valence-electron chi connectivity index (χ4n) is 3.83. The predicted octanol–water partition coefficient (Wildman–Crippen LogP) is 3.81. The van der Waals surface area contributed by atoms with Gasteiger partial charge in [-0.05, 0) is 18.6 Å². The number of benzene rings is 1. The van der Waals surface area contributed by atoms with Gasteiger partial charge in [0.2, 0.25) is 0 Å². The van der Waals surface area contributed by atoms with Crippen molar-refractivity contribution in [3.63, 3.8) is 0 Å². The van der Waals surface area contributed by atoms with Crippen LogP contribution >= 0.6 is 11.3 Å². The lowest BCUT2D eigenvalue weighted by atomic mass is 10.1. The van der Waals surface area contributed by atoms with E-state index in [1.807, 2.05) is 19.2 Å². The fraction of sp³-hybridized carbons (Fsp3) is 0.227. The minimum atomic E-state index is 0.836. The lowest BCUT2D eigenvalue weighted by molar-refractivity contribution is -0.364. The number of thiophene rings is 1. The van der Waals surface area contributed by atoms with Gasteiger partial charge in [-0.1, -0.05) is 36.4 Å². The van der Waals surface area contributed by atoms with Crippen LogP contribution in [0.2, 0.25) is 0 Å². The molecule has 1 aliphatic rings. The number of fused-ring (bicyclic) bond motifs is 1. The number of H-pyrrole nitrogens is 1. The molecule has 1 saturated heterocycles. The monoisotopic (exact) mass is 388 g/mol. The molecule has 5 nitrogen and oxygen atoms in total. The normalized spacial score (nSPS) is 14.6. The third-order valence-corrected chi connectivity index (χ3v) is 6.10. The topological polar surface area (TPSA) is 46.4 Å². The Bertz CT molecular complexity index is 1090. The van der Waals surface area contributed by atoms with Crippen LogP contribution in [0.4, 0.5) is 11.6 Å². The van der Waals surface area contributed by atoms with Gasteiger partial charge in [0.25, 0.3) is 5.82 Å². The maximum absolute atomic E-state index is 4.88. The van der Waals surface area contributed by atoms with Gasteiger partial charge in [-0.25, -0.2) is 15.0 Å². The zero-order chi connectivity index (χ0) is 18.9. The molecule has 4 aromatic rings. The van der Waals surface area contributed by atoms with Crippen LogP contribution in [0.1, 0.15) is 5.82 Å². The Hall–Kier alpha value is -2.99. The number of rotatable bonds is 3. The van der Waals surface area contributed by atoms with Gasteiger partial charge in [-0.3, -0.25) is 4.90 Å². The van der Waals surface area contributed by atoms with Gasteiger partial charge in [0.15, 0.2) is 0 Å². The molecule has 140 valence electrons. The van der Waals surface area contributed by atoms with Gasteiger partial charge in [0.05, 0.1) is 24.7 Å². The highest BCUT2D eigenvalue weighted by molar-refractivity contribution is 7.17. The van der Waals surface area contributed by atoms with E-state index in [9.17, 15) is 0 Å². The first kappa shape index (κ1) is 17.1. The third kappa shape index (κ3) is 3.10. The maximum Gasteiger partial charge on any atom is 0.274 e. The number of anilines is 2. The maximum atomic E-state index is 4.88. The lowest BCUT2D eigenvalue weighted by Crippen LogP contribution is -2.48. The number of piperazine rings is 1. The standard InChI is InChI=1S/C22H21N5S/c1-16-24-21(27-13-11-26(12-14-27)19-9-5-6-10-23-19)20-18(15-28-22(20)25-16)17-7-3-2-4-8-17/h2-10,15H,11-14H2,1H3/p+1. The smallest absolute Gasteiger partial charge is 0.274 e. The molecular formula is C22H22N5S+. The van der Waals surface area contributed by atoms with Gasteiger partial charge in [-0.15, -0.1) is 11.3 Å². The van der Waals surface area contributed by atoms with Crippen molar-refractivity contribution in [2.45, 2.75) is 6.92 Å². The van der Waals surface area contributed by atoms with E-state index in [1.54, 1.807) is 11.3 Å². The summed E-state index contributed by atoms with van der Waals surface area (Å²) in [4.78, 5) is 18.8. The number of nitrogens with one attached hydrogen (secondary N) is 1. The first-order valence-corrected chi connectivity index (χ1v) is 10.5. The first-order chi connectivity index (χ1) is 13.8. The summed E-state index contributed by atoms with van der Waals surface area (Å²) < 4.78 is 0. The molecule has 0 spiro atoms. The molecule has 6 heteroatoms. The molecule has 0 bridgehead atoms. The summed E-state index contributed by atoms with van der Waals surface area (Å²) in [6, 6.07) is 16.8. The van der Waals surface area contributed by atoms with Crippen LogP contribution in [-0.4, -0.2) is 36.1 Å². The number of aryl methyl sites for hydroxylation is 1. The second-order valence-corrected chi connectivity index (χ2v) is 7.87. The Labute approximate surface area is 168 Å². The molecule has 3 aromatic heterocycles. The van der Waals surface area contributed by atoms with Crippen molar-refractivity contribution in [2.24, 2.45) is 0 Å². The van der Waals surface area contributed by atoms with Crippen LogP contribution in [-0.2, 0) is 0 Å². The molecule has 4 heterocycles. The number of nitrogens with zero attached hydrogens (tertiary/aromatic N) is 4. The van der Waals surface area contributed by atoms with Crippen molar-refractivity contribution in [3.8, 4) is 11.1 Å². The van der Waals surface area contributed by atoms with E-state index in [4.69, 9.17) is 9.97 Å². The number of pyridine rings is 1. The second-order valence-electron chi connectivity index (χ2n) is 7.01. The molecule has 0 unspecified atom stereocenters. The van der Waals surface area contributed by atoms with Gasteiger partial charge >= 0.3 is 0 Å². The Morgan fingerprint density at radius 3 is 2.39 bits per heavy atom. The van der Waals surface area contributed by atoms with E-state index in [1.165, 1.54) is 22.3 Å². The first-order valence-electron chi connectivity index (χ1n) is 9.57. The number of aromatic nitrogens is 3. The molecule has 0 radical (unpaired) electrons. The summed E-state index contributed by atoms with van der Waals surface area (Å²) in [5, 5.41) is 3.40. The van der Waals surface area contributed by atoms with Crippen molar-refractivity contribution in [1.29, 1.82) is 0 Å². The quantitative estimate of drug-likeness (QED) is 0.535. The number of hydrogen-bond acceptors (Lipinski definition) is 5. The summed E-state index contributed by atoms with van der Waals surface area (Å²) in [6.07, 6.45) is 1.98. The van der Waals surface area contributed by atoms with Crippen molar-refractivity contribution in [3.05, 3.63) is 65.9 Å². The Morgan fingerprint density at radius 1 is 0.893 bits per heavy atom. The van der Waals surface area contributed by atoms with Crippen LogP contribution in [0, 0.1) is 6.92 Å². The van der Waals surface area contributed by atoms with Crippen LogP contribution in [0.5, 0.6) is 0 Å². The van der Waals surface area contributed by atoms with Crippen molar-refractivity contribution < 1.29 is 4.98 Å². The third-order valence-electron chi connectivity index (χ3n) is 5.22. The zero-order valence-electron chi connectivity index (χ0n) is 15.8.